The molecule has 3 heterocycles. The average Bonchev–Trinajstić information content (AvgIpc) is 2.81. The summed E-state index contributed by atoms with van der Waals surface area (Å²) < 4.78 is 5.43. The van der Waals surface area contributed by atoms with Gasteiger partial charge in [0.1, 0.15) is 11.6 Å². The third-order valence-electron chi connectivity index (χ3n) is 6.23. The molecule has 5 rings (SSSR count). The number of benzene rings is 1. The van der Waals surface area contributed by atoms with E-state index in [1.54, 1.807) is 19.5 Å². The first-order valence-electron chi connectivity index (χ1n) is 11.2. The lowest BCUT2D eigenvalue weighted by molar-refractivity contribution is -0.118. The molecule has 1 aromatic carbocycles. The fourth-order valence-corrected chi connectivity index (χ4v) is 5.55. The van der Waals surface area contributed by atoms with Crippen LogP contribution in [0.25, 0.3) is 0 Å². The maximum atomic E-state index is 13.4. The molecule has 2 N–H and O–H groups in total. The number of hydrogen-bond donors (Lipinski definition) is 2. The van der Waals surface area contributed by atoms with Crippen LogP contribution >= 0.6 is 11.8 Å². The number of nitrogens with zero attached hydrogens (tertiary/aromatic N) is 2. The first-order valence-corrected chi connectivity index (χ1v) is 12.2. The molecule has 3 aromatic rings. The number of ether oxygens (including phenoxy) is 1. The molecule has 0 saturated heterocycles. The Hall–Kier alpha value is -3.39. The van der Waals surface area contributed by atoms with Crippen molar-refractivity contribution < 1.29 is 9.53 Å². The second kappa shape index (κ2) is 8.76. The molecule has 8 heteroatoms. The van der Waals surface area contributed by atoms with E-state index in [9.17, 15) is 9.59 Å². The Morgan fingerprint density at radius 3 is 2.79 bits per heavy atom. The van der Waals surface area contributed by atoms with Gasteiger partial charge in [-0.05, 0) is 41.2 Å². The van der Waals surface area contributed by atoms with Gasteiger partial charge in [-0.1, -0.05) is 43.8 Å². The third kappa shape index (κ3) is 4.25. The number of nitrogens with one attached hydrogen (secondary N) is 2. The average molecular weight is 475 g/mol. The van der Waals surface area contributed by atoms with Gasteiger partial charge in [0.15, 0.2) is 10.9 Å². The number of ketones is 1. The van der Waals surface area contributed by atoms with Gasteiger partial charge in [0.2, 0.25) is 0 Å². The standard InChI is InChI=1S/C26H26N4O3S/c1-26(2)11-18-21(19(31)12-26)20(16-7-4-8-17(10-16)33-3)22-23(28-18)29-25(30-24(22)32)34-14-15-6-5-9-27-13-15/h4-10,13,20H,11-12,14H2,1-3H3,(H2,28,29,30,32)/t20-/m1/s1. The molecule has 34 heavy (non-hydrogen) atoms. The Labute approximate surface area is 202 Å². The molecule has 174 valence electrons. The normalized spacial score (nSPS) is 18.7. The number of aromatic amines is 1. The number of anilines is 1. The van der Waals surface area contributed by atoms with Gasteiger partial charge in [-0.25, -0.2) is 4.98 Å². The predicted molar refractivity (Wildman–Crippen MR) is 132 cm³/mol. The van der Waals surface area contributed by atoms with E-state index in [2.05, 4.69) is 29.1 Å². The summed E-state index contributed by atoms with van der Waals surface area (Å²) in [5.74, 6) is 1.38. The molecule has 0 spiro atoms. The maximum absolute atomic E-state index is 13.4. The lowest BCUT2D eigenvalue weighted by Gasteiger charge is -2.38. The van der Waals surface area contributed by atoms with Crippen LogP contribution in [0.3, 0.4) is 0 Å². The van der Waals surface area contributed by atoms with E-state index >= 15 is 0 Å². The quantitative estimate of drug-likeness (QED) is 0.410. The molecule has 0 unspecified atom stereocenters. The monoisotopic (exact) mass is 474 g/mol. The number of Topliss-reactive ketones (excluding diaryl/α,β-unsaturated/α-hetero) is 1. The van der Waals surface area contributed by atoms with Gasteiger partial charge in [0.25, 0.3) is 5.56 Å². The highest BCUT2D eigenvalue weighted by Gasteiger charge is 2.42. The van der Waals surface area contributed by atoms with Crippen molar-refractivity contribution in [2.75, 3.05) is 12.4 Å². The van der Waals surface area contributed by atoms with Crippen LogP contribution in [0.2, 0.25) is 0 Å². The number of carbonyl (C=O) groups is 1. The van der Waals surface area contributed by atoms with E-state index in [4.69, 9.17) is 9.72 Å². The molecule has 2 aliphatic rings. The molecular weight excluding hydrogens is 448 g/mol. The minimum Gasteiger partial charge on any atom is -0.497 e. The minimum atomic E-state index is -0.501. The fraction of sp³-hybridized carbons (Fsp3) is 0.308. The smallest absolute Gasteiger partial charge is 0.257 e. The van der Waals surface area contributed by atoms with Crippen molar-refractivity contribution in [3.8, 4) is 5.75 Å². The van der Waals surface area contributed by atoms with Gasteiger partial charge in [-0.15, -0.1) is 0 Å². The maximum Gasteiger partial charge on any atom is 0.257 e. The molecule has 7 nitrogen and oxygen atoms in total. The molecule has 2 aromatic heterocycles. The number of fused-ring (bicyclic) bond motifs is 1. The zero-order valence-electron chi connectivity index (χ0n) is 19.3. The van der Waals surface area contributed by atoms with E-state index in [1.807, 2.05) is 36.4 Å². The van der Waals surface area contributed by atoms with Crippen molar-refractivity contribution in [2.45, 2.75) is 43.5 Å². The number of methoxy groups -OCH3 is 1. The Bertz CT molecular complexity index is 1350. The highest BCUT2D eigenvalue weighted by Crippen LogP contribution is 2.48. The van der Waals surface area contributed by atoms with Gasteiger partial charge in [-0.3, -0.25) is 14.6 Å². The number of allylic oxidation sites excluding steroid dienone is 2. The second-order valence-electron chi connectivity index (χ2n) is 9.45. The zero-order valence-corrected chi connectivity index (χ0v) is 20.2. The second-order valence-corrected chi connectivity index (χ2v) is 10.4. The van der Waals surface area contributed by atoms with E-state index in [0.29, 0.717) is 46.5 Å². The summed E-state index contributed by atoms with van der Waals surface area (Å²) in [5.41, 5.74) is 3.43. The van der Waals surface area contributed by atoms with Crippen LogP contribution in [-0.4, -0.2) is 27.8 Å². The summed E-state index contributed by atoms with van der Waals surface area (Å²) in [6.45, 7) is 4.18. The Morgan fingerprint density at radius 2 is 2.03 bits per heavy atom. The van der Waals surface area contributed by atoms with Gasteiger partial charge in [0.05, 0.1) is 12.7 Å². The van der Waals surface area contributed by atoms with E-state index < -0.39 is 5.92 Å². The minimum absolute atomic E-state index is 0.0617. The highest BCUT2D eigenvalue weighted by molar-refractivity contribution is 7.98. The van der Waals surface area contributed by atoms with Gasteiger partial charge in [-0.2, -0.15) is 0 Å². The first-order chi connectivity index (χ1) is 16.3. The van der Waals surface area contributed by atoms with Gasteiger partial charge < -0.3 is 15.0 Å². The lowest BCUT2D eigenvalue weighted by Crippen LogP contribution is -2.37. The number of rotatable bonds is 5. The molecule has 0 radical (unpaired) electrons. The van der Waals surface area contributed by atoms with Crippen LogP contribution in [-0.2, 0) is 10.5 Å². The Balaban J connectivity index is 1.60. The first kappa shape index (κ1) is 22.4. The Kier molecular flexibility index (Phi) is 5.77. The summed E-state index contributed by atoms with van der Waals surface area (Å²) in [5, 5.41) is 3.89. The summed E-state index contributed by atoms with van der Waals surface area (Å²) in [7, 11) is 1.61. The molecule has 0 fully saturated rings. The highest BCUT2D eigenvalue weighted by atomic mass is 32.2. The van der Waals surface area contributed by atoms with Crippen LogP contribution in [0.15, 0.2) is 70.0 Å². The summed E-state index contributed by atoms with van der Waals surface area (Å²) in [4.78, 5) is 38.6. The molecule has 1 aliphatic heterocycles. The fourth-order valence-electron chi connectivity index (χ4n) is 4.75. The van der Waals surface area contributed by atoms with Crippen molar-refractivity contribution in [3.63, 3.8) is 0 Å². The number of aromatic nitrogens is 3. The summed E-state index contributed by atoms with van der Waals surface area (Å²) >= 11 is 1.44. The van der Waals surface area contributed by atoms with E-state index in [-0.39, 0.29) is 16.8 Å². The van der Waals surface area contributed by atoms with Crippen molar-refractivity contribution in [2.24, 2.45) is 5.41 Å². The van der Waals surface area contributed by atoms with E-state index in [0.717, 1.165) is 16.8 Å². The predicted octanol–water partition coefficient (Wildman–Crippen LogP) is 4.67. The van der Waals surface area contributed by atoms with Crippen LogP contribution < -0.4 is 15.6 Å². The van der Waals surface area contributed by atoms with E-state index in [1.165, 1.54) is 11.8 Å². The van der Waals surface area contributed by atoms with Crippen molar-refractivity contribution in [1.29, 1.82) is 0 Å². The molecule has 1 aliphatic carbocycles. The Morgan fingerprint density at radius 1 is 1.18 bits per heavy atom. The van der Waals surface area contributed by atoms with Crippen LogP contribution in [0.4, 0.5) is 5.82 Å². The van der Waals surface area contributed by atoms with Crippen molar-refractivity contribution >= 4 is 23.4 Å². The zero-order chi connectivity index (χ0) is 23.9. The van der Waals surface area contributed by atoms with Crippen molar-refractivity contribution in [1.82, 2.24) is 15.0 Å². The SMILES string of the molecule is COc1cccc([C@@H]2C3=C(CC(C)(C)CC3=O)Nc3nc(SCc4cccnc4)[nH]c(=O)c32)c1. The largest absolute Gasteiger partial charge is 0.497 e. The van der Waals surface area contributed by atoms with Crippen LogP contribution in [0.5, 0.6) is 5.75 Å². The van der Waals surface area contributed by atoms with Crippen LogP contribution in [0, 0.1) is 5.41 Å². The molecule has 1 atom stereocenters. The molecule has 0 bridgehead atoms. The van der Waals surface area contributed by atoms with Crippen molar-refractivity contribution in [3.05, 3.63) is 87.1 Å². The van der Waals surface area contributed by atoms with Gasteiger partial charge >= 0.3 is 0 Å². The molecular formula is C26H26N4O3S. The molecule has 0 saturated carbocycles. The number of thioether (sulfide) groups is 1. The third-order valence-corrected chi connectivity index (χ3v) is 7.17. The lowest BCUT2D eigenvalue weighted by atomic mass is 9.69. The topological polar surface area (TPSA) is 97.0 Å². The number of pyridine rings is 1. The summed E-state index contributed by atoms with van der Waals surface area (Å²) in [6.07, 6.45) is 4.68. The number of hydrogen-bond acceptors (Lipinski definition) is 7. The number of carbonyl (C=O) groups excluding carboxylic acids is 1. The van der Waals surface area contributed by atoms with Crippen LogP contribution in [0.1, 0.15) is 49.3 Å². The van der Waals surface area contributed by atoms with Gasteiger partial charge in [0, 0.05) is 41.8 Å². The summed E-state index contributed by atoms with van der Waals surface area (Å²) in [6, 6.07) is 11.4. The number of H-pyrrole nitrogens is 1. The molecule has 0 amide bonds.